The van der Waals surface area contributed by atoms with Crippen LogP contribution in [0.25, 0.3) is 10.8 Å². The molecule has 0 N–H and O–H groups in total. The SMILES string of the molecule is Cc1cnn(C2CCCN(C(=O)c3csc(-c4ccco4)n3)C2)c1. The van der Waals surface area contributed by atoms with Crippen molar-refractivity contribution in [2.24, 2.45) is 0 Å². The number of thiazole rings is 1. The van der Waals surface area contributed by atoms with E-state index in [2.05, 4.69) is 10.1 Å². The predicted molar refractivity (Wildman–Crippen MR) is 91.0 cm³/mol. The Balaban J connectivity index is 1.50. The van der Waals surface area contributed by atoms with Gasteiger partial charge in [-0.3, -0.25) is 9.48 Å². The first kappa shape index (κ1) is 15.1. The van der Waals surface area contributed by atoms with Crippen LogP contribution in [0.5, 0.6) is 0 Å². The molecule has 1 atom stereocenters. The lowest BCUT2D eigenvalue weighted by Gasteiger charge is -2.32. The minimum atomic E-state index is -0.0161. The molecular weight excluding hydrogens is 324 g/mol. The van der Waals surface area contributed by atoms with Crippen LogP contribution in [0.15, 0.2) is 40.6 Å². The zero-order valence-electron chi connectivity index (χ0n) is 13.4. The fourth-order valence-electron chi connectivity index (χ4n) is 3.04. The number of likely N-dealkylation sites (tertiary alicyclic amines) is 1. The van der Waals surface area contributed by atoms with Crippen LogP contribution in [0.3, 0.4) is 0 Å². The lowest BCUT2D eigenvalue weighted by Crippen LogP contribution is -2.41. The number of hydrogen-bond acceptors (Lipinski definition) is 5. The third-order valence-electron chi connectivity index (χ3n) is 4.24. The summed E-state index contributed by atoms with van der Waals surface area (Å²) in [5.74, 6) is 0.681. The summed E-state index contributed by atoms with van der Waals surface area (Å²) in [6, 6.07) is 3.91. The summed E-state index contributed by atoms with van der Waals surface area (Å²) in [5.41, 5.74) is 1.63. The number of nitrogens with zero attached hydrogens (tertiary/aromatic N) is 4. The average Bonchev–Trinajstić information content (AvgIpc) is 3.34. The number of amides is 1. The molecule has 3 aromatic heterocycles. The molecule has 0 radical (unpaired) electrons. The maximum atomic E-state index is 12.8. The van der Waals surface area contributed by atoms with Gasteiger partial charge < -0.3 is 9.32 Å². The molecule has 6 nitrogen and oxygen atoms in total. The molecule has 1 aliphatic heterocycles. The molecule has 4 rings (SSSR count). The summed E-state index contributed by atoms with van der Waals surface area (Å²) in [4.78, 5) is 19.1. The summed E-state index contributed by atoms with van der Waals surface area (Å²) in [6.07, 6.45) is 7.52. The molecule has 7 heteroatoms. The molecule has 1 unspecified atom stereocenters. The standard InChI is InChI=1S/C17H18N4O2S/c1-12-8-18-21(9-12)13-4-2-6-20(10-13)17(22)14-11-24-16(19-14)15-5-3-7-23-15/h3,5,7-9,11,13H,2,4,6,10H2,1H3. The van der Waals surface area contributed by atoms with Crippen LogP contribution in [0.1, 0.15) is 34.9 Å². The van der Waals surface area contributed by atoms with E-state index in [4.69, 9.17) is 4.42 Å². The van der Waals surface area contributed by atoms with Gasteiger partial charge in [-0.15, -0.1) is 11.3 Å². The van der Waals surface area contributed by atoms with Crippen LogP contribution in [0, 0.1) is 6.92 Å². The lowest BCUT2D eigenvalue weighted by molar-refractivity contribution is 0.0668. The third-order valence-corrected chi connectivity index (χ3v) is 5.10. The van der Waals surface area contributed by atoms with E-state index in [-0.39, 0.29) is 11.9 Å². The van der Waals surface area contributed by atoms with E-state index in [1.807, 2.05) is 46.4 Å². The van der Waals surface area contributed by atoms with Gasteiger partial charge in [0.1, 0.15) is 5.69 Å². The zero-order chi connectivity index (χ0) is 16.5. The normalized spacial score (nSPS) is 18.0. The van der Waals surface area contributed by atoms with E-state index in [0.29, 0.717) is 18.0 Å². The Hall–Kier alpha value is -2.41. The Morgan fingerprint density at radius 3 is 3.12 bits per heavy atom. The van der Waals surface area contributed by atoms with Gasteiger partial charge in [-0.25, -0.2) is 4.98 Å². The first-order chi connectivity index (χ1) is 11.7. The topological polar surface area (TPSA) is 64.2 Å². The molecule has 0 spiro atoms. The number of aryl methyl sites for hydroxylation is 1. The molecule has 0 aromatic carbocycles. The number of piperidine rings is 1. The smallest absolute Gasteiger partial charge is 0.273 e. The van der Waals surface area contributed by atoms with Gasteiger partial charge in [0.05, 0.1) is 18.5 Å². The summed E-state index contributed by atoms with van der Waals surface area (Å²) < 4.78 is 7.32. The van der Waals surface area contributed by atoms with Gasteiger partial charge in [0.25, 0.3) is 5.91 Å². The van der Waals surface area contributed by atoms with Crippen molar-refractivity contribution in [3.8, 4) is 10.8 Å². The zero-order valence-corrected chi connectivity index (χ0v) is 14.2. The molecule has 0 saturated carbocycles. The number of hydrogen-bond donors (Lipinski definition) is 0. The van der Waals surface area contributed by atoms with E-state index in [9.17, 15) is 4.79 Å². The molecule has 1 saturated heterocycles. The molecule has 4 heterocycles. The number of carbonyl (C=O) groups excluding carboxylic acids is 1. The third kappa shape index (κ3) is 2.87. The number of furan rings is 1. The molecule has 0 bridgehead atoms. The highest BCUT2D eigenvalue weighted by Crippen LogP contribution is 2.26. The highest BCUT2D eigenvalue weighted by Gasteiger charge is 2.27. The second kappa shape index (κ2) is 6.24. The van der Waals surface area contributed by atoms with Gasteiger partial charge in [0, 0.05) is 24.7 Å². The maximum absolute atomic E-state index is 12.8. The fourth-order valence-corrected chi connectivity index (χ4v) is 3.80. The molecule has 3 aromatic rings. The Kier molecular flexibility index (Phi) is 3.93. The van der Waals surface area contributed by atoms with Crippen LogP contribution in [-0.2, 0) is 0 Å². The number of carbonyl (C=O) groups is 1. The van der Waals surface area contributed by atoms with E-state index < -0.39 is 0 Å². The molecule has 0 aliphatic carbocycles. The van der Waals surface area contributed by atoms with Crippen molar-refractivity contribution < 1.29 is 9.21 Å². The lowest BCUT2D eigenvalue weighted by atomic mass is 10.1. The first-order valence-electron chi connectivity index (χ1n) is 8.00. The molecule has 24 heavy (non-hydrogen) atoms. The Morgan fingerprint density at radius 2 is 2.38 bits per heavy atom. The van der Waals surface area contributed by atoms with Crippen molar-refractivity contribution in [3.05, 3.63) is 47.4 Å². The van der Waals surface area contributed by atoms with Crippen molar-refractivity contribution in [2.75, 3.05) is 13.1 Å². The van der Waals surface area contributed by atoms with Crippen LogP contribution in [0.2, 0.25) is 0 Å². The first-order valence-corrected chi connectivity index (χ1v) is 8.88. The van der Waals surface area contributed by atoms with E-state index >= 15 is 0 Å². The van der Waals surface area contributed by atoms with Crippen LogP contribution < -0.4 is 0 Å². The molecule has 1 amide bonds. The van der Waals surface area contributed by atoms with Crippen molar-refractivity contribution in [3.63, 3.8) is 0 Å². The van der Waals surface area contributed by atoms with E-state index in [0.717, 1.165) is 30.0 Å². The quantitative estimate of drug-likeness (QED) is 0.732. The van der Waals surface area contributed by atoms with Crippen molar-refractivity contribution in [1.82, 2.24) is 19.7 Å². The monoisotopic (exact) mass is 342 g/mol. The van der Waals surface area contributed by atoms with E-state index in [1.54, 1.807) is 6.26 Å². The van der Waals surface area contributed by atoms with Gasteiger partial charge in [0.2, 0.25) is 0 Å². The predicted octanol–water partition coefficient (Wildman–Crippen LogP) is 3.39. The minimum absolute atomic E-state index is 0.0161. The van der Waals surface area contributed by atoms with Crippen molar-refractivity contribution >= 4 is 17.2 Å². The van der Waals surface area contributed by atoms with Crippen molar-refractivity contribution in [2.45, 2.75) is 25.8 Å². The van der Waals surface area contributed by atoms with Crippen molar-refractivity contribution in [1.29, 1.82) is 0 Å². The highest BCUT2D eigenvalue weighted by molar-refractivity contribution is 7.13. The fraction of sp³-hybridized carbons (Fsp3) is 0.353. The molecular formula is C17H18N4O2S. The minimum Gasteiger partial charge on any atom is -0.462 e. The Bertz CT molecular complexity index is 837. The number of aromatic nitrogens is 3. The van der Waals surface area contributed by atoms with Gasteiger partial charge in [-0.05, 0) is 37.5 Å². The van der Waals surface area contributed by atoms with Gasteiger partial charge in [-0.2, -0.15) is 5.10 Å². The molecule has 124 valence electrons. The van der Waals surface area contributed by atoms with Gasteiger partial charge in [-0.1, -0.05) is 0 Å². The Morgan fingerprint density at radius 1 is 1.46 bits per heavy atom. The summed E-state index contributed by atoms with van der Waals surface area (Å²) in [5, 5.41) is 6.94. The van der Waals surface area contributed by atoms with Crippen LogP contribution >= 0.6 is 11.3 Å². The maximum Gasteiger partial charge on any atom is 0.273 e. The highest BCUT2D eigenvalue weighted by atomic mass is 32.1. The average molecular weight is 342 g/mol. The van der Waals surface area contributed by atoms with Gasteiger partial charge >= 0.3 is 0 Å². The summed E-state index contributed by atoms with van der Waals surface area (Å²) in [6.45, 7) is 3.47. The summed E-state index contributed by atoms with van der Waals surface area (Å²) >= 11 is 1.43. The largest absolute Gasteiger partial charge is 0.462 e. The second-order valence-corrected chi connectivity index (χ2v) is 6.92. The molecule has 1 fully saturated rings. The summed E-state index contributed by atoms with van der Waals surface area (Å²) in [7, 11) is 0. The van der Waals surface area contributed by atoms with Crippen LogP contribution in [-0.4, -0.2) is 38.7 Å². The van der Waals surface area contributed by atoms with E-state index in [1.165, 1.54) is 11.3 Å². The second-order valence-electron chi connectivity index (χ2n) is 6.06. The van der Waals surface area contributed by atoms with Gasteiger partial charge in [0.15, 0.2) is 10.8 Å². The van der Waals surface area contributed by atoms with Crippen LogP contribution in [0.4, 0.5) is 0 Å². The number of rotatable bonds is 3. The molecule has 1 aliphatic rings. The Labute approximate surface area is 143 Å².